The predicted octanol–water partition coefficient (Wildman–Crippen LogP) is 3.19. The van der Waals surface area contributed by atoms with Crippen LogP contribution in [0.15, 0.2) is 22.7 Å². The predicted molar refractivity (Wildman–Crippen MR) is 62.9 cm³/mol. The van der Waals surface area contributed by atoms with Crippen LogP contribution in [-0.2, 0) is 11.2 Å². The molecule has 0 radical (unpaired) electrons. The van der Waals surface area contributed by atoms with Crippen molar-refractivity contribution in [1.82, 2.24) is 0 Å². The fourth-order valence-corrected chi connectivity index (χ4v) is 1.66. The van der Waals surface area contributed by atoms with Gasteiger partial charge in [-0.1, -0.05) is 13.0 Å². The molecule has 0 spiro atoms. The van der Waals surface area contributed by atoms with Gasteiger partial charge in [-0.3, -0.25) is 4.79 Å². The Labute approximate surface area is 96.8 Å². The molecule has 1 N–H and O–H groups in total. The van der Waals surface area contributed by atoms with E-state index in [0.29, 0.717) is 0 Å². The summed E-state index contributed by atoms with van der Waals surface area (Å²) in [5, 5.41) is 2.69. The van der Waals surface area contributed by atoms with Crippen LogP contribution >= 0.6 is 27.5 Å². The molecule has 76 valence electrons. The molecule has 1 amide bonds. The van der Waals surface area contributed by atoms with Crippen molar-refractivity contribution >= 4 is 39.1 Å². The van der Waals surface area contributed by atoms with E-state index in [4.69, 9.17) is 11.6 Å². The van der Waals surface area contributed by atoms with Crippen LogP contribution in [-0.4, -0.2) is 11.8 Å². The highest BCUT2D eigenvalue weighted by molar-refractivity contribution is 9.10. The highest BCUT2D eigenvalue weighted by atomic mass is 79.9. The number of nitrogens with one attached hydrogen (secondary N) is 1. The van der Waals surface area contributed by atoms with Gasteiger partial charge in [-0.05, 0) is 40.0 Å². The lowest BCUT2D eigenvalue weighted by Gasteiger charge is -2.06. The van der Waals surface area contributed by atoms with Gasteiger partial charge in [0.05, 0.1) is 5.69 Å². The van der Waals surface area contributed by atoms with Crippen molar-refractivity contribution in [2.45, 2.75) is 13.3 Å². The summed E-state index contributed by atoms with van der Waals surface area (Å²) in [7, 11) is 0. The van der Waals surface area contributed by atoms with Gasteiger partial charge in [0.15, 0.2) is 0 Å². The van der Waals surface area contributed by atoms with E-state index in [1.807, 2.05) is 18.2 Å². The number of hydrogen-bond acceptors (Lipinski definition) is 1. The molecule has 1 aromatic rings. The summed E-state index contributed by atoms with van der Waals surface area (Å²) in [5.74, 6) is -0.223. The molecule has 0 aliphatic heterocycles. The summed E-state index contributed by atoms with van der Waals surface area (Å²) in [6, 6.07) is 5.84. The zero-order chi connectivity index (χ0) is 10.6. The summed E-state index contributed by atoms with van der Waals surface area (Å²) in [5.41, 5.74) is 1.98. The number of hydrogen-bond donors (Lipinski definition) is 1. The highest BCUT2D eigenvalue weighted by Gasteiger charge is 2.04. The van der Waals surface area contributed by atoms with Crippen LogP contribution in [0, 0.1) is 0 Å². The molecule has 0 aromatic heterocycles. The molecule has 0 aliphatic rings. The van der Waals surface area contributed by atoms with Crippen molar-refractivity contribution in [3.05, 3.63) is 28.2 Å². The van der Waals surface area contributed by atoms with E-state index in [-0.39, 0.29) is 11.8 Å². The zero-order valence-electron chi connectivity index (χ0n) is 7.81. The van der Waals surface area contributed by atoms with E-state index in [2.05, 4.69) is 28.2 Å². The maximum Gasteiger partial charge on any atom is 0.239 e. The minimum Gasteiger partial charge on any atom is -0.324 e. The molecule has 1 aromatic carbocycles. The van der Waals surface area contributed by atoms with Gasteiger partial charge in [0.2, 0.25) is 5.91 Å². The average molecular weight is 277 g/mol. The number of alkyl halides is 1. The second-order valence-corrected chi connectivity index (χ2v) is 3.97. The number of rotatable bonds is 3. The first kappa shape index (κ1) is 11.5. The SMILES string of the molecule is CCc1ccc(NC(=O)CCl)c(Br)c1. The second kappa shape index (κ2) is 5.37. The van der Waals surface area contributed by atoms with Crippen LogP contribution in [0.4, 0.5) is 5.69 Å². The number of carbonyl (C=O) groups excluding carboxylic acids is 1. The molecule has 0 bridgehead atoms. The number of benzene rings is 1. The maximum absolute atomic E-state index is 11.0. The van der Waals surface area contributed by atoms with Crippen molar-refractivity contribution in [2.24, 2.45) is 0 Å². The lowest BCUT2D eigenvalue weighted by Crippen LogP contribution is -2.12. The van der Waals surface area contributed by atoms with Crippen molar-refractivity contribution in [3.8, 4) is 0 Å². The van der Waals surface area contributed by atoms with Crippen LogP contribution in [0.25, 0.3) is 0 Å². The topological polar surface area (TPSA) is 29.1 Å². The zero-order valence-corrected chi connectivity index (χ0v) is 10.2. The van der Waals surface area contributed by atoms with Gasteiger partial charge in [-0.15, -0.1) is 11.6 Å². The van der Waals surface area contributed by atoms with E-state index in [1.165, 1.54) is 5.56 Å². The Morgan fingerprint density at radius 2 is 2.29 bits per heavy atom. The van der Waals surface area contributed by atoms with Gasteiger partial charge in [-0.2, -0.15) is 0 Å². The van der Waals surface area contributed by atoms with E-state index in [9.17, 15) is 4.79 Å². The molecule has 0 fully saturated rings. The first-order valence-electron chi connectivity index (χ1n) is 4.31. The molecule has 0 unspecified atom stereocenters. The molecule has 4 heteroatoms. The Bertz CT molecular complexity index is 341. The Morgan fingerprint density at radius 1 is 1.57 bits per heavy atom. The summed E-state index contributed by atoms with van der Waals surface area (Å²) >= 11 is 8.77. The van der Waals surface area contributed by atoms with Crippen LogP contribution < -0.4 is 5.32 Å². The summed E-state index contributed by atoms with van der Waals surface area (Å²) in [6.07, 6.45) is 0.975. The number of aryl methyl sites for hydroxylation is 1. The molecule has 0 aliphatic carbocycles. The van der Waals surface area contributed by atoms with E-state index < -0.39 is 0 Å². The molecule has 0 saturated heterocycles. The van der Waals surface area contributed by atoms with Crippen LogP contribution in [0.5, 0.6) is 0 Å². The van der Waals surface area contributed by atoms with Gasteiger partial charge in [0, 0.05) is 4.47 Å². The van der Waals surface area contributed by atoms with Crippen molar-refractivity contribution in [3.63, 3.8) is 0 Å². The summed E-state index contributed by atoms with van der Waals surface area (Å²) in [6.45, 7) is 2.08. The van der Waals surface area contributed by atoms with Gasteiger partial charge in [0.1, 0.15) is 5.88 Å². The quantitative estimate of drug-likeness (QED) is 0.844. The van der Waals surface area contributed by atoms with Gasteiger partial charge >= 0.3 is 0 Å². The molecule has 14 heavy (non-hydrogen) atoms. The van der Waals surface area contributed by atoms with Gasteiger partial charge < -0.3 is 5.32 Å². The van der Waals surface area contributed by atoms with Crippen LogP contribution in [0.3, 0.4) is 0 Å². The minimum atomic E-state index is -0.198. The molecule has 0 heterocycles. The monoisotopic (exact) mass is 275 g/mol. The third kappa shape index (κ3) is 3.00. The van der Waals surface area contributed by atoms with Crippen molar-refractivity contribution < 1.29 is 4.79 Å². The van der Waals surface area contributed by atoms with E-state index in [0.717, 1.165) is 16.6 Å². The van der Waals surface area contributed by atoms with Crippen LogP contribution in [0.2, 0.25) is 0 Å². The van der Waals surface area contributed by atoms with E-state index >= 15 is 0 Å². The Balaban J connectivity index is 2.83. The average Bonchev–Trinajstić information content (AvgIpc) is 2.20. The third-order valence-electron chi connectivity index (χ3n) is 1.84. The minimum absolute atomic E-state index is 0.0258. The Hall–Kier alpha value is -0.540. The third-order valence-corrected chi connectivity index (χ3v) is 2.74. The molecule has 1 rings (SSSR count). The summed E-state index contributed by atoms with van der Waals surface area (Å²) < 4.78 is 0.885. The number of halogens is 2. The molecule has 0 saturated carbocycles. The fraction of sp³-hybridized carbons (Fsp3) is 0.300. The van der Waals surface area contributed by atoms with Gasteiger partial charge in [-0.25, -0.2) is 0 Å². The molecule has 0 atom stereocenters. The fourth-order valence-electron chi connectivity index (χ4n) is 1.06. The van der Waals surface area contributed by atoms with Crippen molar-refractivity contribution in [2.75, 3.05) is 11.2 Å². The standard InChI is InChI=1S/C10H11BrClNO/c1-2-7-3-4-9(8(11)5-7)13-10(14)6-12/h3-5H,2,6H2,1H3,(H,13,14). The Morgan fingerprint density at radius 3 is 2.79 bits per heavy atom. The lowest BCUT2D eigenvalue weighted by molar-refractivity contribution is -0.113. The normalized spacial score (nSPS) is 9.93. The second-order valence-electron chi connectivity index (χ2n) is 2.85. The highest BCUT2D eigenvalue weighted by Crippen LogP contribution is 2.23. The lowest BCUT2D eigenvalue weighted by atomic mass is 10.1. The summed E-state index contributed by atoms with van der Waals surface area (Å²) in [4.78, 5) is 11.0. The smallest absolute Gasteiger partial charge is 0.239 e. The number of amides is 1. The first-order valence-corrected chi connectivity index (χ1v) is 5.64. The maximum atomic E-state index is 11.0. The molecular weight excluding hydrogens is 265 g/mol. The van der Waals surface area contributed by atoms with Crippen molar-refractivity contribution in [1.29, 1.82) is 0 Å². The van der Waals surface area contributed by atoms with E-state index in [1.54, 1.807) is 0 Å². The molecule has 2 nitrogen and oxygen atoms in total. The van der Waals surface area contributed by atoms with Crippen LogP contribution in [0.1, 0.15) is 12.5 Å². The largest absolute Gasteiger partial charge is 0.324 e. The number of anilines is 1. The number of carbonyl (C=O) groups is 1. The first-order chi connectivity index (χ1) is 6.67. The molecular formula is C10H11BrClNO. The van der Waals surface area contributed by atoms with Gasteiger partial charge in [0.25, 0.3) is 0 Å². The Kier molecular flexibility index (Phi) is 4.42.